The van der Waals surface area contributed by atoms with Gasteiger partial charge in [-0.25, -0.2) is 13.4 Å². The summed E-state index contributed by atoms with van der Waals surface area (Å²) in [4.78, 5) is 10.9. The van der Waals surface area contributed by atoms with Gasteiger partial charge in [-0.1, -0.05) is 35.3 Å². The maximum atomic E-state index is 13.4. The Balaban J connectivity index is 1.49. The monoisotopic (exact) mass is 532 g/mol. The minimum Gasteiger partial charge on any atom is -0.497 e. The molecule has 0 spiro atoms. The van der Waals surface area contributed by atoms with Crippen LogP contribution in [0.2, 0.25) is 10.0 Å². The minimum atomic E-state index is -3.78. The van der Waals surface area contributed by atoms with Crippen molar-refractivity contribution in [2.45, 2.75) is 11.3 Å². The van der Waals surface area contributed by atoms with Crippen LogP contribution in [0, 0.1) is 0 Å². The molecule has 2 aromatic carbocycles. The third-order valence-electron chi connectivity index (χ3n) is 5.95. The summed E-state index contributed by atoms with van der Waals surface area (Å²) in [5, 5.41) is 4.89. The molecule has 1 aliphatic rings. The normalized spacial score (nSPS) is 15.3. The Bertz CT molecular complexity index is 1480. The number of sulfonamides is 1. The van der Waals surface area contributed by atoms with E-state index in [1.165, 1.54) is 28.8 Å². The second-order valence-electron chi connectivity index (χ2n) is 8.02. The van der Waals surface area contributed by atoms with Gasteiger partial charge in [0.25, 0.3) is 5.78 Å². The van der Waals surface area contributed by atoms with E-state index in [2.05, 4.69) is 20.0 Å². The van der Waals surface area contributed by atoms with Crippen LogP contribution in [0.3, 0.4) is 0 Å². The second kappa shape index (κ2) is 9.62. The highest BCUT2D eigenvalue weighted by Gasteiger charge is 2.30. The van der Waals surface area contributed by atoms with Crippen LogP contribution in [0.4, 0.5) is 5.82 Å². The van der Waals surface area contributed by atoms with Crippen molar-refractivity contribution in [1.82, 2.24) is 23.9 Å². The lowest BCUT2D eigenvalue weighted by atomic mass is 10.1. The van der Waals surface area contributed by atoms with E-state index in [0.29, 0.717) is 36.9 Å². The third-order valence-corrected chi connectivity index (χ3v) is 8.56. The van der Waals surface area contributed by atoms with E-state index in [-0.39, 0.29) is 16.5 Å². The molecule has 1 fully saturated rings. The zero-order valence-corrected chi connectivity index (χ0v) is 21.1. The van der Waals surface area contributed by atoms with Crippen molar-refractivity contribution in [2.75, 3.05) is 38.2 Å². The Morgan fingerprint density at radius 2 is 1.77 bits per heavy atom. The molecule has 0 atom stereocenters. The molecule has 2 aromatic heterocycles. The topological polar surface area (TPSA) is 92.9 Å². The van der Waals surface area contributed by atoms with Gasteiger partial charge >= 0.3 is 0 Å². The molecule has 9 nitrogen and oxygen atoms in total. The average molecular weight is 533 g/mol. The molecule has 0 amide bonds. The van der Waals surface area contributed by atoms with Gasteiger partial charge in [0.15, 0.2) is 0 Å². The largest absolute Gasteiger partial charge is 0.497 e. The van der Waals surface area contributed by atoms with Crippen molar-refractivity contribution in [3.63, 3.8) is 0 Å². The molecular weight excluding hydrogens is 511 g/mol. The van der Waals surface area contributed by atoms with Gasteiger partial charge in [-0.3, -0.25) is 0 Å². The zero-order chi connectivity index (χ0) is 24.6. The van der Waals surface area contributed by atoms with Crippen LogP contribution in [0.15, 0.2) is 59.9 Å². The van der Waals surface area contributed by atoms with Gasteiger partial charge in [0.2, 0.25) is 10.0 Å². The number of anilines is 1. The highest BCUT2D eigenvalue weighted by atomic mass is 35.5. The SMILES string of the molecule is COc1ccc(-c2cnc3ncnn3c2N2CCCN(S(=O)(=O)c3ccc(Cl)cc3Cl)CC2)cc1. The lowest BCUT2D eigenvalue weighted by Gasteiger charge is -2.26. The molecule has 3 heterocycles. The smallest absolute Gasteiger partial charge is 0.254 e. The standard InChI is InChI=1S/C23H22Cl2N6O3S/c1-34-18-6-3-16(4-7-18)19-14-26-23-27-15-28-31(23)22(19)29-9-2-10-30(12-11-29)35(32,33)21-8-5-17(24)13-20(21)25/h3-8,13-15H,2,9-12H2,1H3. The molecule has 0 aliphatic carbocycles. The summed E-state index contributed by atoms with van der Waals surface area (Å²) < 4.78 is 35.2. The van der Waals surface area contributed by atoms with Crippen LogP contribution in [0.25, 0.3) is 16.9 Å². The van der Waals surface area contributed by atoms with Crippen LogP contribution in [-0.2, 0) is 10.0 Å². The van der Waals surface area contributed by atoms with E-state index in [4.69, 9.17) is 27.9 Å². The molecule has 1 aliphatic heterocycles. The van der Waals surface area contributed by atoms with Crippen molar-refractivity contribution >= 4 is 44.8 Å². The van der Waals surface area contributed by atoms with Crippen molar-refractivity contribution in [1.29, 1.82) is 0 Å². The summed E-state index contributed by atoms with van der Waals surface area (Å²) in [7, 11) is -2.16. The fourth-order valence-corrected chi connectivity index (χ4v) is 6.43. The second-order valence-corrected chi connectivity index (χ2v) is 10.8. The Labute approximate surface area is 212 Å². The molecule has 4 aromatic rings. The number of hydrogen-bond donors (Lipinski definition) is 0. The number of aromatic nitrogens is 4. The number of rotatable bonds is 5. The lowest BCUT2D eigenvalue weighted by molar-refractivity contribution is 0.415. The van der Waals surface area contributed by atoms with Crippen LogP contribution in [-0.4, -0.2) is 65.6 Å². The number of ether oxygens (including phenoxy) is 1. The highest BCUT2D eigenvalue weighted by molar-refractivity contribution is 7.89. The van der Waals surface area contributed by atoms with E-state index >= 15 is 0 Å². The quantitative estimate of drug-likeness (QED) is 0.383. The molecule has 0 unspecified atom stereocenters. The van der Waals surface area contributed by atoms with Gasteiger partial charge in [0, 0.05) is 43.0 Å². The average Bonchev–Trinajstić information content (AvgIpc) is 3.19. The predicted octanol–water partition coefficient (Wildman–Crippen LogP) is 4.01. The van der Waals surface area contributed by atoms with E-state index < -0.39 is 10.0 Å². The van der Waals surface area contributed by atoms with Crippen LogP contribution in [0.1, 0.15) is 6.42 Å². The summed E-state index contributed by atoms with van der Waals surface area (Å²) in [6.07, 6.45) is 3.85. The molecular formula is C23H22Cl2N6O3S. The number of hydrogen-bond acceptors (Lipinski definition) is 7. The fourth-order valence-electron chi connectivity index (χ4n) is 4.21. The molecule has 0 bridgehead atoms. The first-order valence-corrected chi connectivity index (χ1v) is 13.1. The number of nitrogens with zero attached hydrogens (tertiary/aromatic N) is 6. The molecule has 5 rings (SSSR count). The lowest BCUT2D eigenvalue weighted by Crippen LogP contribution is -2.36. The van der Waals surface area contributed by atoms with E-state index in [9.17, 15) is 8.42 Å². The van der Waals surface area contributed by atoms with Crippen molar-refractivity contribution in [2.24, 2.45) is 0 Å². The van der Waals surface area contributed by atoms with Crippen LogP contribution < -0.4 is 9.64 Å². The molecule has 0 radical (unpaired) electrons. The number of fused-ring (bicyclic) bond motifs is 1. The van der Waals surface area contributed by atoms with Gasteiger partial charge in [-0.05, 0) is 42.3 Å². The van der Waals surface area contributed by atoms with Crippen LogP contribution >= 0.6 is 23.2 Å². The van der Waals surface area contributed by atoms with Gasteiger partial charge in [0.1, 0.15) is 22.8 Å². The summed E-state index contributed by atoms with van der Waals surface area (Å²) in [5.41, 5.74) is 1.80. The maximum Gasteiger partial charge on any atom is 0.254 e. The van der Waals surface area contributed by atoms with E-state index in [0.717, 1.165) is 22.7 Å². The minimum absolute atomic E-state index is 0.0542. The summed E-state index contributed by atoms with van der Waals surface area (Å²) in [6.45, 7) is 1.72. The zero-order valence-electron chi connectivity index (χ0n) is 18.8. The summed E-state index contributed by atoms with van der Waals surface area (Å²) >= 11 is 12.2. The first-order valence-electron chi connectivity index (χ1n) is 10.9. The Hall–Kier alpha value is -2.92. The van der Waals surface area contributed by atoms with Crippen molar-refractivity contribution < 1.29 is 13.2 Å². The first kappa shape index (κ1) is 23.8. The molecule has 12 heteroatoms. The van der Waals surface area contributed by atoms with Gasteiger partial charge in [0.05, 0.1) is 12.1 Å². The van der Waals surface area contributed by atoms with Gasteiger partial charge < -0.3 is 9.64 Å². The number of methoxy groups -OCH3 is 1. The highest BCUT2D eigenvalue weighted by Crippen LogP contribution is 2.33. The number of benzene rings is 2. The van der Waals surface area contributed by atoms with E-state index in [1.807, 2.05) is 24.3 Å². The Kier molecular flexibility index (Phi) is 6.54. The number of halogens is 2. The van der Waals surface area contributed by atoms with Gasteiger partial charge in [-0.2, -0.15) is 18.9 Å². The van der Waals surface area contributed by atoms with E-state index in [1.54, 1.807) is 17.8 Å². The molecule has 0 N–H and O–H groups in total. The fraction of sp³-hybridized carbons (Fsp3) is 0.261. The summed E-state index contributed by atoms with van der Waals surface area (Å²) in [6, 6.07) is 12.1. The summed E-state index contributed by atoms with van der Waals surface area (Å²) in [5.74, 6) is 2.03. The maximum absolute atomic E-state index is 13.4. The third kappa shape index (κ3) is 4.54. The molecule has 0 saturated carbocycles. The Morgan fingerprint density at radius 1 is 0.971 bits per heavy atom. The molecule has 182 valence electrons. The van der Waals surface area contributed by atoms with Crippen LogP contribution in [0.5, 0.6) is 5.75 Å². The molecule has 1 saturated heterocycles. The predicted molar refractivity (Wildman–Crippen MR) is 135 cm³/mol. The molecule has 35 heavy (non-hydrogen) atoms. The van der Waals surface area contributed by atoms with Crippen molar-refractivity contribution in [3.05, 3.63) is 65.0 Å². The Morgan fingerprint density at radius 3 is 2.51 bits per heavy atom. The van der Waals surface area contributed by atoms with Gasteiger partial charge in [-0.15, -0.1) is 0 Å². The van der Waals surface area contributed by atoms with Crippen molar-refractivity contribution in [3.8, 4) is 16.9 Å². The first-order chi connectivity index (χ1) is 16.9.